The van der Waals surface area contributed by atoms with Gasteiger partial charge in [-0.3, -0.25) is 4.79 Å². The van der Waals surface area contributed by atoms with Crippen LogP contribution in [0, 0.1) is 0 Å². The predicted octanol–water partition coefficient (Wildman–Crippen LogP) is 5.87. The number of nitrogens with zero attached hydrogens (tertiary/aromatic N) is 2. The molecule has 0 atom stereocenters. The summed E-state index contributed by atoms with van der Waals surface area (Å²) < 4.78 is 1.65. The average Bonchev–Trinajstić information content (AvgIpc) is 3.04. The molecule has 26 heavy (non-hydrogen) atoms. The predicted molar refractivity (Wildman–Crippen MR) is 109 cm³/mol. The highest BCUT2D eigenvalue weighted by Gasteiger charge is 2.14. The zero-order chi connectivity index (χ0) is 18.7. The number of anilines is 1. The molecular weight excluding hydrogens is 413 g/mol. The van der Waals surface area contributed by atoms with Crippen LogP contribution in [0.4, 0.5) is 5.82 Å². The van der Waals surface area contributed by atoms with E-state index >= 15 is 0 Å². The molecular formula is C18H14Cl3N3OS. The number of nitrogens with one attached hydrogen (secondary N) is 1. The topological polar surface area (TPSA) is 46.9 Å². The van der Waals surface area contributed by atoms with E-state index in [0.29, 0.717) is 33.0 Å². The Labute approximate surface area is 170 Å². The fraction of sp³-hybridized carbons (Fsp3) is 0.111. The number of carbonyl (C=O) groups excluding carboxylic acids is 1. The molecule has 134 valence electrons. The first-order valence-electron chi connectivity index (χ1n) is 7.58. The summed E-state index contributed by atoms with van der Waals surface area (Å²) in [5.74, 6) is 0.251. The van der Waals surface area contributed by atoms with E-state index < -0.39 is 0 Å². The largest absolute Gasteiger partial charge is 0.307 e. The first-order chi connectivity index (χ1) is 12.5. The van der Waals surface area contributed by atoms with Crippen molar-refractivity contribution in [3.63, 3.8) is 0 Å². The maximum absolute atomic E-state index is 12.6. The van der Waals surface area contributed by atoms with Crippen LogP contribution in [0.3, 0.4) is 0 Å². The van der Waals surface area contributed by atoms with Crippen LogP contribution in [0.5, 0.6) is 0 Å². The van der Waals surface area contributed by atoms with Gasteiger partial charge in [0.1, 0.15) is 5.82 Å². The summed E-state index contributed by atoms with van der Waals surface area (Å²) in [6.07, 6.45) is 3.55. The number of carbonyl (C=O) groups is 1. The Hall–Kier alpha value is -1.66. The van der Waals surface area contributed by atoms with Crippen molar-refractivity contribution >= 4 is 58.3 Å². The minimum absolute atomic E-state index is 0.296. The molecule has 0 aliphatic rings. The molecule has 0 saturated carbocycles. The number of benzene rings is 2. The van der Waals surface area contributed by atoms with Crippen molar-refractivity contribution in [1.82, 2.24) is 9.78 Å². The van der Waals surface area contributed by atoms with Crippen LogP contribution in [-0.2, 0) is 6.54 Å². The summed E-state index contributed by atoms with van der Waals surface area (Å²) in [4.78, 5) is 13.6. The average molecular weight is 427 g/mol. The number of hydrogen-bond acceptors (Lipinski definition) is 3. The van der Waals surface area contributed by atoms with E-state index in [4.69, 9.17) is 34.8 Å². The van der Waals surface area contributed by atoms with Gasteiger partial charge >= 0.3 is 0 Å². The number of halogens is 3. The Balaban J connectivity index is 1.82. The van der Waals surface area contributed by atoms with Gasteiger partial charge in [0.2, 0.25) is 0 Å². The molecule has 3 rings (SSSR count). The highest BCUT2D eigenvalue weighted by Crippen LogP contribution is 2.25. The van der Waals surface area contributed by atoms with Gasteiger partial charge in [-0.1, -0.05) is 40.9 Å². The molecule has 8 heteroatoms. The summed E-state index contributed by atoms with van der Waals surface area (Å²) >= 11 is 19.9. The highest BCUT2D eigenvalue weighted by molar-refractivity contribution is 7.98. The second kappa shape index (κ2) is 8.35. The Morgan fingerprint density at radius 2 is 1.92 bits per heavy atom. The lowest BCUT2D eigenvalue weighted by Gasteiger charge is -2.11. The zero-order valence-corrected chi connectivity index (χ0v) is 16.8. The maximum atomic E-state index is 12.6. The normalized spacial score (nSPS) is 10.8. The first kappa shape index (κ1) is 19.1. The molecule has 4 nitrogen and oxygen atoms in total. The van der Waals surface area contributed by atoms with Gasteiger partial charge in [0.15, 0.2) is 0 Å². The van der Waals surface area contributed by atoms with Crippen molar-refractivity contribution in [2.45, 2.75) is 11.4 Å². The van der Waals surface area contributed by atoms with E-state index in [-0.39, 0.29) is 5.91 Å². The Kier molecular flexibility index (Phi) is 6.14. The first-order valence-corrected chi connectivity index (χ1v) is 9.94. The highest BCUT2D eigenvalue weighted by atomic mass is 35.5. The van der Waals surface area contributed by atoms with Gasteiger partial charge in [-0.05, 0) is 42.2 Å². The quantitative estimate of drug-likeness (QED) is 0.519. The molecule has 0 saturated heterocycles. The van der Waals surface area contributed by atoms with Crippen LogP contribution < -0.4 is 5.32 Å². The summed E-state index contributed by atoms with van der Waals surface area (Å²) in [6, 6.07) is 12.3. The third-order valence-corrected chi connectivity index (χ3v) is 5.35. The van der Waals surface area contributed by atoms with E-state index in [1.54, 1.807) is 53.0 Å². The minimum atomic E-state index is -0.296. The van der Waals surface area contributed by atoms with Crippen LogP contribution in [0.1, 0.15) is 15.9 Å². The Morgan fingerprint density at radius 3 is 2.65 bits per heavy atom. The van der Waals surface area contributed by atoms with Gasteiger partial charge in [0.25, 0.3) is 5.91 Å². The van der Waals surface area contributed by atoms with E-state index in [1.165, 1.54) is 0 Å². The second-order valence-electron chi connectivity index (χ2n) is 5.41. The van der Waals surface area contributed by atoms with Crippen molar-refractivity contribution in [3.05, 3.63) is 74.9 Å². The zero-order valence-electron chi connectivity index (χ0n) is 13.7. The molecule has 1 aromatic heterocycles. The van der Waals surface area contributed by atoms with Gasteiger partial charge in [-0.25, -0.2) is 4.68 Å². The van der Waals surface area contributed by atoms with Crippen molar-refractivity contribution < 1.29 is 4.79 Å². The monoisotopic (exact) mass is 425 g/mol. The van der Waals surface area contributed by atoms with Gasteiger partial charge in [0, 0.05) is 21.0 Å². The lowest BCUT2D eigenvalue weighted by Crippen LogP contribution is -2.16. The molecule has 2 aromatic carbocycles. The van der Waals surface area contributed by atoms with Crippen molar-refractivity contribution in [1.29, 1.82) is 0 Å². The molecule has 0 bridgehead atoms. The molecule has 0 aliphatic heterocycles. The Bertz CT molecular complexity index is 959. The minimum Gasteiger partial charge on any atom is -0.307 e. The van der Waals surface area contributed by atoms with Crippen LogP contribution in [0.15, 0.2) is 53.6 Å². The molecule has 0 fully saturated rings. The van der Waals surface area contributed by atoms with Gasteiger partial charge in [-0.2, -0.15) is 5.10 Å². The summed E-state index contributed by atoms with van der Waals surface area (Å²) in [6.45, 7) is 0.400. The molecule has 3 aromatic rings. The van der Waals surface area contributed by atoms with Crippen molar-refractivity contribution in [2.24, 2.45) is 0 Å². The fourth-order valence-electron chi connectivity index (χ4n) is 2.37. The lowest BCUT2D eigenvalue weighted by atomic mass is 10.2. The molecule has 1 heterocycles. The van der Waals surface area contributed by atoms with Gasteiger partial charge in [-0.15, -0.1) is 11.8 Å². The lowest BCUT2D eigenvalue weighted by molar-refractivity contribution is 0.102. The number of hydrogen-bond donors (Lipinski definition) is 1. The van der Waals surface area contributed by atoms with E-state index in [1.807, 2.05) is 18.4 Å². The smallest absolute Gasteiger partial charge is 0.258 e. The second-order valence-corrected chi connectivity index (χ2v) is 7.54. The molecule has 0 unspecified atom stereocenters. The van der Waals surface area contributed by atoms with Crippen LogP contribution >= 0.6 is 46.6 Å². The Morgan fingerprint density at radius 1 is 1.12 bits per heavy atom. The van der Waals surface area contributed by atoms with Gasteiger partial charge < -0.3 is 5.32 Å². The van der Waals surface area contributed by atoms with Crippen molar-refractivity contribution in [2.75, 3.05) is 11.6 Å². The van der Waals surface area contributed by atoms with Crippen LogP contribution in [0.2, 0.25) is 15.1 Å². The SMILES string of the molecule is CSc1ccc(Cl)c(C(=O)Nc2ccnn2Cc2ccc(Cl)cc2Cl)c1. The van der Waals surface area contributed by atoms with Gasteiger partial charge in [0.05, 0.1) is 23.3 Å². The van der Waals surface area contributed by atoms with Crippen LogP contribution in [0.25, 0.3) is 0 Å². The summed E-state index contributed by atoms with van der Waals surface area (Å²) in [5, 5.41) is 8.60. The third-order valence-electron chi connectivity index (χ3n) is 3.71. The summed E-state index contributed by atoms with van der Waals surface area (Å²) in [7, 11) is 0. The number of amides is 1. The van der Waals surface area contributed by atoms with E-state index in [0.717, 1.165) is 10.5 Å². The number of thioether (sulfide) groups is 1. The molecule has 0 spiro atoms. The van der Waals surface area contributed by atoms with E-state index in [2.05, 4.69) is 10.4 Å². The standard InChI is InChI=1S/C18H14Cl3N3OS/c1-26-13-4-5-15(20)14(9-13)18(25)23-17-6-7-22-24(17)10-11-2-3-12(19)8-16(11)21/h2-9H,10H2,1H3,(H,23,25). The maximum Gasteiger partial charge on any atom is 0.258 e. The molecule has 0 radical (unpaired) electrons. The fourth-order valence-corrected chi connectivity index (χ4v) is 3.48. The molecule has 1 amide bonds. The summed E-state index contributed by atoms with van der Waals surface area (Å²) in [5.41, 5.74) is 1.26. The molecule has 0 aliphatic carbocycles. The van der Waals surface area contributed by atoms with Crippen LogP contribution in [-0.4, -0.2) is 21.9 Å². The third kappa shape index (κ3) is 4.35. The van der Waals surface area contributed by atoms with Crippen molar-refractivity contribution in [3.8, 4) is 0 Å². The van der Waals surface area contributed by atoms with E-state index in [9.17, 15) is 4.79 Å². The molecule has 1 N–H and O–H groups in total. The number of rotatable bonds is 5. The number of aromatic nitrogens is 2.